The lowest BCUT2D eigenvalue weighted by molar-refractivity contribution is -0.0154. The van der Waals surface area contributed by atoms with Crippen LogP contribution in [0.3, 0.4) is 0 Å². The van der Waals surface area contributed by atoms with E-state index in [2.05, 4.69) is 46.2 Å². The van der Waals surface area contributed by atoms with Gasteiger partial charge >= 0.3 is 5.97 Å². The normalized spacial score (nSPS) is 15.1. The molecule has 3 rings (SSSR count). The first-order valence-electron chi connectivity index (χ1n) is 10.4. The number of carbonyl (C=O) groups is 1. The van der Waals surface area contributed by atoms with E-state index >= 15 is 0 Å². The zero-order chi connectivity index (χ0) is 20.9. The van der Waals surface area contributed by atoms with E-state index in [0.717, 1.165) is 49.2 Å². The maximum atomic E-state index is 12.8. The fourth-order valence-corrected chi connectivity index (χ4v) is 3.52. The highest BCUT2D eigenvalue weighted by molar-refractivity contribution is 5.97. The second kappa shape index (κ2) is 9.35. The van der Waals surface area contributed by atoms with Crippen molar-refractivity contribution in [2.45, 2.75) is 46.1 Å². The third-order valence-electron chi connectivity index (χ3n) is 5.00. The molecule has 2 aromatic rings. The summed E-state index contributed by atoms with van der Waals surface area (Å²) in [7, 11) is 0. The molecule has 6 heteroatoms. The van der Waals surface area contributed by atoms with Crippen LogP contribution in [0.2, 0.25) is 0 Å². The molecule has 156 valence electrons. The highest BCUT2D eigenvalue weighted by Gasteiger charge is 2.27. The number of hydrogen-bond donors (Lipinski definition) is 1. The van der Waals surface area contributed by atoms with Crippen molar-refractivity contribution in [2.75, 3.05) is 31.5 Å². The molecule has 0 unspecified atom stereocenters. The number of nitrogens with one attached hydrogen (secondary N) is 1. The van der Waals surface area contributed by atoms with Crippen LogP contribution in [0.4, 0.5) is 5.82 Å². The van der Waals surface area contributed by atoms with Crippen LogP contribution in [-0.2, 0) is 4.74 Å². The van der Waals surface area contributed by atoms with Gasteiger partial charge in [-0.1, -0.05) is 26.0 Å². The molecule has 0 fully saturated rings. The number of rotatable bonds is 8. The van der Waals surface area contributed by atoms with Crippen molar-refractivity contribution in [3.63, 3.8) is 0 Å². The van der Waals surface area contributed by atoms with Gasteiger partial charge in [-0.15, -0.1) is 0 Å². The van der Waals surface area contributed by atoms with Crippen LogP contribution < -0.4 is 5.32 Å². The Morgan fingerprint density at radius 1 is 1.28 bits per heavy atom. The molecule has 1 N–H and O–H groups in total. The van der Waals surface area contributed by atoms with E-state index in [0.29, 0.717) is 18.0 Å². The van der Waals surface area contributed by atoms with Gasteiger partial charge in [-0.05, 0) is 50.8 Å². The van der Waals surface area contributed by atoms with E-state index in [1.807, 2.05) is 26.0 Å². The van der Waals surface area contributed by atoms with Crippen molar-refractivity contribution in [3.8, 4) is 0 Å². The zero-order valence-electron chi connectivity index (χ0n) is 17.9. The van der Waals surface area contributed by atoms with Crippen LogP contribution in [0.15, 0.2) is 36.7 Å². The molecule has 0 bridgehead atoms. The average molecular weight is 397 g/mol. The summed E-state index contributed by atoms with van der Waals surface area (Å²) in [6, 6.07) is 5.45. The third-order valence-corrected chi connectivity index (χ3v) is 5.00. The van der Waals surface area contributed by atoms with E-state index in [-0.39, 0.29) is 5.97 Å². The van der Waals surface area contributed by atoms with Crippen molar-refractivity contribution in [1.82, 2.24) is 14.9 Å². The number of anilines is 1. The predicted molar refractivity (Wildman–Crippen MR) is 117 cm³/mol. The van der Waals surface area contributed by atoms with Crippen LogP contribution in [0, 0.1) is 5.92 Å². The minimum atomic E-state index is -0.567. The van der Waals surface area contributed by atoms with Gasteiger partial charge in [0.05, 0.1) is 11.1 Å². The van der Waals surface area contributed by atoms with Gasteiger partial charge in [0, 0.05) is 31.6 Å². The quantitative estimate of drug-likeness (QED) is 0.530. The Morgan fingerprint density at radius 2 is 2.10 bits per heavy atom. The molecule has 0 atom stereocenters. The molecule has 0 spiro atoms. The number of esters is 1. The number of ether oxygens (including phenoxy) is 1. The van der Waals surface area contributed by atoms with E-state index in [4.69, 9.17) is 4.74 Å². The first kappa shape index (κ1) is 21.2. The third kappa shape index (κ3) is 6.00. The Labute approximate surface area is 173 Å². The number of hydrogen-bond acceptors (Lipinski definition) is 6. The Bertz CT molecular complexity index is 876. The van der Waals surface area contributed by atoms with Crippen molar-refractivity contribution >= 4 is 22.7 Å². The van der Waals surface area contributed by atoms with Gasteiger partial charge in [-0.2, -0.15) is 0 Å². The van der Waals surface area contributed by atoms with Gasteiger partial charge in [0.2, 0.25) is 0 Å². The zero-order valence-corrected chi connectivity index (χ0v) is 17.9. The SMILES string of the molecule is CC(C)CCNc1ncnc2ccc(C(=O)OC(C)(C)CN3CC=CCC3)cc12. The summed E-state index contributed by atoms with van der Waals surface area (Å²) in [6.45, 7) is 11.7. The molecular formula is C23H32N4O2. The molecule has 0 amide bonds. The molecule has 1 aliphatic heterocycles. The Balaban J connectivity index is 1.72. The number of benzene rings is 1. The summed E-state index contributed by atoms with van der Waals surface area (Å²) in [4.78, 5) is 23.8. The fraction of sp³-hybridized carbons (Fsp3) is 0.522. The fourth-order valence-electron chi connectivity index (χ4n) is 3.52. The Morgan fingerprint density at radius 3 is 2.83 bits per heavy atom. The minimum absolute atomic E-state index is 0.318. The second-order valence-corrected chi connectivity index (χ2v) is 8.71. The molecular weight excluding hydrogens is 364 g/mol. The highest BCUT2D eigenvalue weighted by Crippen LogP contribution is 2.23. The molecule has 1 aliphatic rings. The van der Waals surface area contributed by atoms with Crippen LogP contribution in [0.1, 0.15) is 50.9 Å². The van der Waals surface area contributed by atoms with Gasteiger partial charge in [0.1, 0.15) is 17.7 Å². The first-order valence-corrected chi connectivity index (χ1v) is 10.4. The highest BCUT2D eigenvalue weighted by atomic mass is 16.6. The van der Waals surface area contributed by atoms with Crippen molar-refractivity contribution in [2.24, 2.45) is 5.92 Å². The Hall–Kier alpha value is -2.47. The second-order valence-electron chi connectivity index (χ2n) is 8.71. The van der Waals surface area contributed by atoms with Crippen molar-refractivity contribution in [3.05, 3.63) is 42.2 Å². The molecule has 0 saturated carbocycles. The molecule has 0 radical (unpaired) electrons. The van der Waals surface area contributed by atoms with Crippen molar-refractivity contribution in [1.29, 1.82) is 0 Å². The number of fused-ring (bicyclic) bond motifs is 1. The van der Waals surface area contributed by atoms with Crippen LogP contribution in [0.25, 0.3) is 10.9 Å². The van der Waals surface area contributed by atoms with Gasteiger partial charge in [-0.25, -0.2) is 14.8 Å². The number of carbonyl (C=O) groups excluding carboxylic acids is 1. The summed E-state index contributed by atoms with van der Waals surface area (Å²) >= 11 is 0. The van der Waals surface area contributed by atoms with E-state index in [1.54, 1.807) is 12.4 Å². The van der Waals surface area contributed by atoms with Crippen molar-refractivity contribution < 1.29 is 9.53 Å². The van der Waals surface area contributed by atoms with Gasteiger partial charge in [-0.3, -0.25) is 4.90 Å². The smallest absolute Gasteiger partial charge is 0.338 e. The van der Waals surface area contributed by atoms with Crippen LogP contribution >= 0.6 is 0 Å². The van der Waals surface area contributed by atoms with Gasteiger partial charge in [0.25, 0.3) is 0 Å². The molecule has 0 saturated heterocycles. The first-order chi connectivity index (χ1) is 13.8. The maximum absolute atomic E-state index is 12.8. The van der Waals surface area contributed by atoms with Crippen LogP contribution in [0.5, 0.6) is 0 Å². The van der Waals surface area contributed by atoms with E-state index < -0.39 is 5.60 Å². The molecule has 2 heterocycles. The predicted octanol–water partition coefficient (Wildman–Crippen LogP) is 4.29. The van der Waals surface area contributed by atoms with E-state index in [1.165, 1.54) is 0 Å². The lowest BCUT2D eigenvalue weighted by atomic mass is 10.1. The topological polar surface area (TPSA) is 67.3 Å². The van der Waals surface area contributed by atoms with E-state index in [9.17, 15) is 4.79 Å². The molecule has 29 heavy (non-hydrogen) atoms. The monoisotopic (exact) mass is 396 g/mol. The molecule has 0 aliphatic carbocycles. The number of nitrogens with zero attached hydrogens (tertiary/aromatic N) is 3. The van der Waals surface area contributed by atoms with Gasteiger partial charge < -0.3 is 10.1 Å². The van der Waals surface area contributed by atoms with Crippen LogP contribution in [-0.4, -0.2) is 52.6 Å². The van der Waals surface area contributed by atoms with Gasteiger partial charge in [0.15, 0.2) is 0 Å². The largest absolute Gasteiger partial charge is 0.455 e. The average Bonchev–Trinajstić information content (AvgIpc) is 2.67. The summed E-state index contributed by atoms with van der Waals surface area (Å²) < 4.78 is 5.86. The summed E-state index contributed by atoms with van der Waals surface area (Å²) in [5.74, 6) is 1.05. The summed E-state index contributed by atoms with van der Waals surface area (Å²) in [5.41, 5.74) is 0.761. The standard InChI is InChI=1S/C23H32N4O2/c1-17(2)10-11-24-21-19-14-18(8-9-20(19)25-16-26-21)22(28)29-23(3,4)15-27-12-6-5-7-13-27/h5-6,8-9,14,16-17H,7,10-13,15H2,1-4H3,(H,24,25,26). The summed E-state index contributed by atoms with van der Waals surface area (Å²) in [5, 5.41) is 4.21. The lowest BCUT2D eigenvalue weighted by Crippen LogP contribution is -2.43. The minimum Gasteiger partial charge on any atom is -0.455 e. The number of aromatic nitrogens is 2. The summed E-state index contributed by atoms with van der Waals surface area (Å²) in [6.07, 6.45) is 8.00. The molecule has 1 aromatic carbocycles. The molecule has 1 aromatic heterocycles. The Kier molecular flexibility index (Phi) is 6.85. The molecule has 6 nitrogen and oxygen atoms in total. The lowest BCUT2D eigenvalue weighted by Gasteiger charge is -2.33. The maximum Gasteiger partial charge on any atom is 0.338 e.